The zero-order valence-electron chi connectivity index (χ0n) is 9.64. The molecule has 5 nitrogen and oxygen atoms in total. The van der Waals surface area contributed by atoms with Gasteiger partial charge in [0.1, 0.15) is 5.56 Å². The lowest BCUT2D eigenvalue weighted by atomic mass is 10.3. The number of aromatic nitrogens is 2. The molecule has 0 radical (unpaired) electrons. The van der Waals surface area contributed by atoms with Gasteiger partial charge >= 0.3 is 0 Å². The predicted octanol–water partition coefficient (Wildman–Crippen LogP) is 0.964. The van der Waals surface area contributed by atoms with Gasteiger partial charge in [-0.1, -0.05) is 0 Å². The third-order valence-electron chi connectivity index (χ3n) is 2.61. The number of hydrogen-bond donors (Lipinski definition) is 0. The number of thioether (sulfide) groups is 1. The Labute approximate surface area is 98.7 Å². The number of methoxy groups -OCH3 is 1. The van der Waals surface area contributed by atoms with Crippen molar-refractivity contribution in [3.63, 3.8) is 0 Å². The highest BCUT2D eigenvalue weighted by Gasteiger charge is 2.29. The number of carbonyl (C=O) groups excluding carboxylic acids is 1. The molecule has 0 spiro atoms. The lowest BCUT2D eigenvalue weighted by molar-refractivity contribution is 0.0765. The first kappa shape index (κ1) is 11.3. The fraction of sp³-hybridized carbons (Fsp3) is 0.600. The largest absolute Gasteiger partial charge is 0.479 e. The molecule has 0 saturated carbocycles. The van der Waals surface area contributed by atoms with Crippen molar-refractivity contribution in [2.45, 2.75) is 12.3 Å². The summed E-state index contributed by atoms with van der Waals surface area (Å²) in [5, 5.41) is 4.32. The van der Waals surface area contributed by atoms with Gasteiger partial charge in [0.15, 0.2) is 0 Å². The molecule has 2 heterocycles. The highest BCUT2D eigenvalue weighted by Crippen LogP contribution is 2.27. The minimum atomic E-state index is 0.00227. The second-order valence-electron chi connectivity index (χ2n) is 3.69. The first-order chi connectivity index (χ1) is 7.63. The summed E-state index contributed by atoms with van der Waals surface area (Å²) in [4.78, 5) is 14.1. The van der Waals surface area contributed by atoms with E-state index in [0.717, 1.165) is 12.3 Å². The minimum Gasteiger partial charge on any atom is -0.479 e. The summed E-state index contributed by atoms with van der Waals surface area (Å²) < 4.78 is 6.69. The summed E-state index contributed by atoms with van der Waals surface area (Å²) in [7, 11) is 3.31. The molecule has 0 aliphatic carbocycles. The maximum Gasteiger partial charge on any atom is 0.261 e. The molecular weight excluding hydrogens is 226 g/mol. The van der Waals surface area contributed by atoms with Crippen LogP contribution in [0.5, 0.6) is 5.88 Å². The van der Waals surface area contributed by atoms with Crippen molar-refractivity contribution in [3.05, 3.63) is 11.8 Å². The van der Waals surface area contributed by atoms with Gasteiger partial charge in [-0.05, 0) is 6.92 Å². The molecule has 1 aliphatic heterocycles. The molecule has 1 aromatic heterocycles. The van der Waals surface area contributed by atoms with E-state index in [1.807, 2.05) is 11.8 Å². The summed E-state index contributed by atoms with van der Waals surface area (Å²) in [5.74, 6) is 1.40. The van der Waals surface area contributed by atoms with Crippen LogP contribution < -0.4 is 4.74 Å². The summed E-state index contributed by atoms with van der Waals surface area (Å²) >= 11 is 1.79. The van der Waals surface area contributed by atoms with Crippen LogP contribution in [0.25, 0.3) is 0 Å². The van der Waals surface area contributed by atoms with E-state index in [1.165, 1.54) is 7.11 Å². The van der Waals surface area contributed by atoms with Crippen LogP contribution in [0.15, 0.2) is 6.20 Å². The van der Waals surface area contributed by atoms with E-state index in [1.54, 1.807) is 29.7 Å². The molecule has 1 fully saturated rings. The van der Waals surface area contributed by atoms with Crippen LogP contribution in [0, 0.1) is 0 Å². The fourth-order valence-electron chi connectivity index (χ4n) is 1.78. The van der Waals surface area contributed by atoms with Crippen LogP contribution >= 0.6 is 11.8 Å². The van der Waals surface area contributed by atoms with Gasteiger partial charge in [-0.25, -0.2) is 0 Å². The first-order valence-electron chi connectivity index (χ1n) is 5.13. The van der Waals surface area contributed by atoms with Crippen molar-refractivity contribution < 1.29 is 9.53 Å². The van der Waals surface area contributed by atoms with E-state index in [4.69, 9.17) is 4.74 Å². The van der Waals surface area contributed by atoms with Crippen LogP contribution in [0.2, 0.25) is 0 Å². The third-order valence-corrected chi connectivity index (χ3v) is 3.76. The molecule has 0 bridgehead atoms. The maximum atomic E-state index is 12.2. The number of hydrogen-bond acceptors (Lipinski definition) is 4. The van der Waals surface area contributed by atoms with Crippen molar-refractivity contribution in [3.8, 4) is 5.88 Å². The molecule has 1 amide bonds. The molecule has 2 rings (SSSR count). The second kappa shape index (κ2) is 4.37. The lowest BCUT2D eigenvalue weighted by Crippen LogP contribution is -2.33. The highest BCUT2D eigenvalue weighted by atomic mass is 32.2. The van der Waals surface area contributed by atoms with Gasteiger partial charge in [-0.3, -0.25) is 9.48 Å². The van der Waals surface area contributed by atoms with Crippen molar-refractivity contribution >= 4 is 17.7 Å². The molecule has 1 aromatic rings. The summed E-state index contributed by atoms with van der Waals surface area (Å²) in [5.41, 5.74) is 0.541. The monoisotopic (exact) mass is 241 g/mol. The highest BCUT2D eigenvalue weighted by molar-refractivity contribution is 8.00. The fourth-order valence-corrected chi connectivity index (χ4v) is 2.80. The number of carbonyl (C=O) groups is 1. The first-order valence-corrected chi connectivity index (χ1v) is 6.18. The van der Waals surface area contributed by atoms with E-state index < -0.39 is 0 Å². The minimum absolute atomic E-state index is 0.00227. The molecule has 88 valence electrons. The summed E-state index contributed by atoms with van der Waals surface area (Å²) in [6.45, 7) is 2.83. The molecule has 0 N–H and O–H groups in total. The number of rotatable bonds is 2. The molecule has 16 heavy (non-hydrogen) atoms. The van der Waals surface area contributed by atoms with Crippen LogP contribution in [0.1, 0.15) is 17.3 Å². The smallest absolute Gasteiger partial charge is 0.261 e. The number of ether oxygens (including phenoxy) is 1. The number of nitrogens with zero attached hydrogens (tertiary/aromatic N) is 3. The van der Waals surface area contributed by atoms with Crippen molar-refractivity contribution in [1.29, 1.82) is 0 Å². The van der Waals surface area contributed by atoms with Gasteiger partial charge in [0.2, 0.25) is 5.88 Å². The SMILES string of the molecule is COc1nn(C)cc1C(=O)N1CCSC1C. The average Bonchev–Trinajstić information content (AvgIpc) is 2.83. The van der Waals surface area contributed by atoms with Crippen LogP contribution in [0.4, 0.5) is 0 Å². The third kappa shape index (κ3) is 1.89. The van der Waals surface area contributed by atoms with Gasteiger partial charge in [0.05, 0.1) is 12.5 Å². The number of aryl methyl sites for hydroxylation is 1. The normalized spacial score (nSPS) is 20.2. The van der Waals surface area contributed by atoms with Gasteiger partial charge in [0.25, 0.3) is 5.91 Å². The summed E-state index contributed by atoms with van der Waals surface area (Å²) in [6.07, 6.45) is 1.71. The maximum absolute atomic E-state index is 12.2. The summed E-state index contributed by atoms with van der Waals surface area (Å²) in [6, 6.07) is 0. The molecule has 6 heteroatoms. The average molecular weight is 241 g/mol. The zero-order chi connectivity index (χ0) is 11.7. The van der Waals surface area contributed by atoms with Gasteiger partial charge in [0, 0.05) is 25.5 Å². The Morgan fingerprint density at radius 3 is 3.00 bits per heavy atom. The van der Waals surface area contributed by atoms with Crippen LogP contribution in [-0.2, 0) is 7.05 Å². The van der Waals surface area contributed by atoms with E-state index in [2.05, 4.69) is 5.10 Å². The Kier molecular flexibility index (Phi) is 3.09. The van der Waals surface area contributed by atoms with E-state index in [9.17, 15) is 4.79 Å². The van der Waals surface area contributed by atoms with E-state index >= 15 is 0 Å². The molecular formula is C10H15N3O2S. The van der Waals surface area contributed by atoms with Crippen molar-refractivity contribution in [2.24, 2.45) is 7.05 Å². The quantitative estimate of drug-likeness (QED) is 0.774. The Morgan fingerprint density at radius 1 is 1.69 bits per heavy atom. The lowest BCUT2D eigenvalue weighted by Gasteiger charge is -2.19. The number of amides is 1. The Balaban J connectivity index is 2.26. The molecule has 1 atom stereocenters. The topological polar surface area (TPSA) is 47.4 Å². The Hall–Kier alpha value is -1.17. The zero-order valence-corrected chi connectivity index (χ0v) is 10.5. The van der Waals surface area contributed by atoms with E-state index in [0.29, 0.717) is 11.4 Å². The van der Waals surface area contributed by atoms with Gasteiger partial charge in [-0.2, -0.15) is 0 Å². The Morgan fingerprint density at radius 2 is 2.44 bits per heavy atom. The predicted molar refractivity (Wildman–Crippen MR) is 62.7 cm³/mol. The second-order valence-corrected chi connectivity index (χ2v) is 5.12. The van der Waals surface area contributed by atoms with Crippen molar-refractivity contribution in [1.82, 2.24) is 14.7 Å². The van der Waals surface area contributed by atoms with Gasteiger partial charge < -0.3 is 9.64 Å². The Bertz CT molecular complexity index is 405. The van der Waals surface area contributed by atoms with E-state index in [-0.39, 0.29) is 11.3 Å². The molecule has 0 aromatic carbocycles. The standard InChI is InChI=1S/C10H15N3O2S/c1-7-13(4-5-16-7)10(14)8-6-12(2)11-9(8)15-3/h6-7H,4-5H2,1-3H3. The van der Waals surface area contributed by atoms with Crippen LogP contribution in [0.3, 0.4) is 0 Å². The molecule has 1 aliphatic rings. The molecule has 1 saturated heterocycles. The van der Waals surface area contributed by atoms with Gasteiger partial charge in [-0.15, -0.1) is 16.9 Å². The molecule has 1 unspecified atom stereocenters. The van der Waals surface area contributed by atoms with Crippen LogP contribution in [-0.4, -0.2) is 45.4 Å². The van der Waals surface area contributed by atoms with Crippen molar-refractivity contribution in [2.75, 3.05) is 19.4 Å².